The second-order valence-electron chi connectivity index (χ2n) is 7.81. The molecule has 6 rings (SSSR count). The van der Waals surface area contributed by atoms with Crippen LogP contribution in [0, 0.1) is 0 Å². The van der Waals surface area contributed by atoms with Gasteiger partial charge in [-0.25, -0.2) is 4.98 Å². The lowest BCUT2D eigenvalue weighted by Gasteiger charge is -1.99. The Morgan fingerprint density at radius 1 is 0.848 bits per heavy atom. The van der Waals surface area contributed by atoms with E-state index in [-0.39, 0.29) is 0 Å². The second kappa shape index (κ2) is 9.76. The van der Waals surface area contributed by atoms with E-state index in [2.05, 4.69) is 55.1 Å². The van der Waals surface area contributed by atoms with E-state index in [1.165, 1.54) is 16.7 Å². The van der Waals surface area contributed by atoms with Gasteiger partial charge >= 0.3 is 0 Å². The van der Waals surface area contributed by atoms with Gasteiger partial charge in [0.1, 0.15) is 0 Å². The van der Waals surface area contributed by atoms with Gasteiger partial charge in [0.05, 0.1) is 22.6 Å². The monoisotopic (exact) mass is 452 g/mol. The number of para-hydroxylation sites is 3. The number of aliphatic imine (C=N–C) groups is 1. The van der Waals surface area contributed by atoms with Gasteiger partial charge in [0.15, 0.2) is 18.2 Å². The maximum atomic E-state index is 5.67. The van der Waals surface area contributed by atoms with Crippen LogP contribution in [0.5, 0.6) is 0 Å². The minimum absolute atomic E-state index is 0.550. The van der Waals surface area contributed by atoms with E-state index < -0.39 is 0 Å². The highest BCUT2D eigenvalue weighted by Crippen LogP contribution is 2.25. The summed E-state index contributed by atoms with van der Waals surface area (Å²) in [4.78, 5) is 16.4. The van der Waals surface area contributed by atoms with E-state index in [1.54, 1.807) is 0 Å². The number of aromatic amines is 1. The number of hydrogen-bond acceptors (Lipinski definition) is 3. The first-order chi connectivity index (χ1) is 16.3. The zero-order valence-corrected chi connectivity index (χ0v) is 18.8. The summed E-state index contributed by atoms with van der Waals surface area (Å²) in [5.74, 6) is 1.51. The molecule has 1 aliphatic heterocycles. The Labute approximate surface area is 197 Å². The Balaban J connectivity index is 0.000000174. The predicted molar refractivity (Wildman–Crippen MR) is 133 cm³/mol. The number of hydrogen-bond donors (Lipinski definition) is 1. The summed E-state index contributed by atoms with van der Waals surface area (Å²) in [5, 5.41) is 0. The van der Waals surface area contributed by atoms with Crippen LogP contribution < -0.4 is 4.57 Å². The number of H-pyrrole nitrogens is 1. The van der Waals surface area contributed by atoms with Crippen molar-refractivity contribution in [2.75, 3.05) is 5.88 Å². The minimum atomic E-state index is 0.550. The zero-order chi connectivity index (χ0) is 22.5. The molecule has 0 fully saturated rings. The van der Waals surface area contributed by atoms with Crippen LogP contribution in [-0.4, -0.2) is 26.5 Å². The van der Waals surface area contributed by atoms with Crippen molar-refractivity contribution in [3.63, 3.8) is 0 Å². The number of nitrogens with zero attached hydrogens (tertiary/aromatic N) is 4. The van der Waals surface area contributed by atoms with Crippen molar-refractivity contribution in [3.8, 4) is 11.1 Å². The zero-order valence-electron chi connectivity index (χ0n) is 18.0. The molecule has 5 nitrogen and oxygen atoms in total. The summed E-state index contributed by atoms with van der Waals surface area (Å²) in [7, 11) is 0. The quantitative estimate of drug-likeness (QED) is 0.288. The molecule has 0 aliphatic carbocycles. The fraction of sp³-hybridized carbons (Fsp3) is 0.111. The third-order valence-corrected chi connectivity index (χ3v) is 5.80. The van der Waals surface area contributed by atoms with E-state index in [1.807, 2.05) is 67.0 Å². The van der Waals surface area contributed by atoms with Gasteiger partial charge in [-0.15, -0.1) is 11.6 Å². The van der Waals surface area contributed by atoms with Gasteiger partial charge < -0.3 is 4.98 Å². The fourth-order valence-corrected chi connectivity index (χ4v) is 3.98. The van der Waals surface area contributed by atoms with Crippen molar-refractivity contribution in [2.24, 2.45) is 4.99 Å². The van der Waals surface area contributed by atoms with E-state index in [9.17, 15) is 0 Å². The Bertz CT molecular complexity index is 1360. The number of aromatic nitrogens is 4. The topological polar surface area (TPSA) is 57.8 Å². The molecule has 4 heterocycles. The van der Waals surface area contributed by atoms with Gasteiger partial charge in [-0.3, -0.25) is 9.98 Å². The molecule has 0 unspecified atom stereocenters. The van der Waals surface area contributed by atoms with Crippen molar-refractivity contribution in [3.05, 3.63) is 109 Å². The molecule has 0 saturated carbocycles. The maximum absolute atomic E-state index is 5.67. The number of fused-ring (bicyclic) bond motifs is 2. The third-order valence-electron chi connectivity index (χ3n) is 5.49. The first kappa shape index (κ1) is 21.0. The molecule has 6 heteroatoms. The second-order valence-corrected chi connectivity index (χ2v) is 8.08. The van der Waals surface area contributed by atoms with Gasteiger partial charge in [0.2, 0.25) is 6.54 Å². The van der Waals surface area contributed by atoms with Crippen LogP contribution in [0.25, 0.3) is 22.2 Å². The SMILES string of the molecule is ClCC1=Nc2ccccc2C1.c1ccc2[nH]c(C[n+]3ccc(-c4ccncc4)cc3)nc2c1. The van der Waals surface area contributed by atoms with Crippen LogP contribution in [0.15, 0.2) is 103 Å². The van der Waals surface area contributed by atoms with Crippen LogP contribution in [0.3, 0.4) is 0 Å². The van der Waals surface area contributed by atoms with Crippen LogP contribution in [0.1, 0.15) is 11.4 Å². The number of benzene rings is 2. The highest BCUT2D eigenvalue weighted by Gasteiger charge is 2.11. The molecule has 0 bridgehead atoms. The molecule has 0 amide bonds. The molecule has 3 aromatic heterocycles. The summed E-state index contributed by atoms with van der Waals surface area (Å²) < 4.78 is 2.11. The standard InChI is InChI=1S/C18H15N4.C9H8ClN/c1-2-4-17-16(3-1)20-18(21-17)13-22-11-7-15(8-12-22)14-5-9-19-10-6-14;10-6-8-5-7-3-1-2-4-9(7)11-8/h1-12H,13H2,(H,20,21);1-4H,5-6H2/q+1;. The first-order valence-corrected chi connectivity index (χ1v) is 11.4. The number of pyridine rings is 2. The molecule has 5 aromatic rings. The van der Waals surface area contributed by atoms with Gasteiger partial charge in [-0.2, -0.15) is 4.57 Å². The normalized spacial score (nSPS) is 12.1. The van der Waals surface area contributed by atoms with Crippen molar-refractivity contribution in [2.45, 2.75) is 13.0 Å². The van der Waals surface area contributed by atoms with Crippen molar-refractivity contribution >= 4 is 34.0 Å². The first-order valence-electron chi connectivity index (χ1n) is 10.8. The van der Waals surface area contributed by atoms with Gasteiger partial charge in [-0.1, -0.05) is 30.3 Å². The molecular weight excluding hydrogens is 430 g/mol. The highest BCUT2D eigenvalue weighted by molar-refractivity contribution is 6.29. The van der Waals surface area contributed by atoms with Gasteiger partial charge in [0.25, 0.3) is 0 Å². The average molecular weight is 453 g/mol. The van der Waals surface area contributed by atoms with Crippen LogP contribution in [0.4, 0.5) is 5.69 Å². The fourth-order valence-electron chi connectivity index (χ4n) is 3.83. The largest absolute Gasteiger partial charge is 0.337 e. The van der Waals surface area contributed by atoms with Crippen LogP contribution in [0.2, 0.25) is 0 Å². The molecule has 0 saturated heterocycles. The Hall–Kier alpha value is -3.83. The minimum Gasteiger partial charge on any atom is -0.337 e. The third kappa shape index (κ3) is 4.99. The lowest BCUT2D eigenvalue weighted by molar-refractivity contribution is -0.689. The smallest absolute Gasteiger partial charge is 0.205 e. The number of halogens is 1. The van der Waals surface area contributed by atoms with Gasteiger partial charge in [0, 0.05) is 36.7 Å². The average Bonchev–Trinajstić information content (AvgIpc) is 3.49. The van der Waals surface area contributed by atoms with Crippen LogP contribution >= 0.6 is 11.6 Å². The van der Waals surface area contributed by atoms with Crippen molar-refractivity contribution in [1.82, 2.24) is 15.0 Å². The molecule has 2 aromatic carbocycles. The Morgan fingerprint density at radius 3 is 2.33 bits per heavy atom. The summed E-state index contributed by atoms with van der Waals surface area (Å²) in [6, 6.07) is 24.5. The molecule has 0 atom stereocenters. The Morgan fingerprint density at radius 2 is 1.58 bits per heavy atom. The van der Waals surface area contributed by atoms with E-state index in [0.29, 0.717) is 5.88 Å². The molecule has 1 aliphatic rings. The van der Waals surface area contributed by atoms with Gasteiger partial charge in [-0.05, 0) is 47.0 Å². The van der Waals surface area contributed by atoms with E-state index in [4.69, 9.17) is 11.6 Å². The summed E-state index contributed by atoms with van der Waals surface area (Å²) in [6.07, 6.45) is 8.70. The van der Waals surface area contributed by atoms with Crippen molar-refractivity contribution in [1.29, 1.82) is 0 Å². The lowest BCUT2D eigenvalue weighted by Crippen LogP contribution is -2.33. The number of nitrogens with one attached hydrogen (secondary N) is 1. The summed E-state index contributed by atoms with van der Waals surface area (Å²) in [6.45, 7) is 0.727. The lowest BCUT2D eigenvalue weighted by atomic mass is 10.1. The molecule has 1 N–H and O–H groups in total. The van der Waals surface area contributed by atoms with Crippen molar-refractivity contribution < 1.29 is 4.57 Å². The maximum Gasteiger partial charge on any atom is 0.205 e. The molecule has 0 spiro atoms. The predicted octanol–water partition coefficient (Wildman–Crippen LogP) is 5.51. The molecule has 33 heavy (non-hydrogen) atoms. The highest BCUT2D eigenvalue weighted by atomic mass is 35.5. The summed E-state index contributed by atoms with van der Waals surface area (Å²) >= 11 is 5.67. The Kier molecular flexibility index (Phi) is 6.22. The van der Waals surface area contributed by atoms with Crippen LogP contribution in [-0.2, 0) is 13.0 Å². The van der Waals surface area contributed by atoms with E-state index in [0.717, 1.165) is 41.2 Å². The number of alkyl halides is 1. The number of imidazole rings is 1. The molecule has 162 valence electrons. The van der Waals surface area contributed by atoms with E-state index >= 15 is 0 Å². The summed E-state index contributed by atoms with van der Waals surface area (Å²) in [5.41, 5.74) is 7.89. The number of rotatable bonds is 4. The molecule has 0 radical (unpaired) electrons. The molecular formula is C27H23ClN5+.